The number of pyridine rings is 2. The van der Waals surface area contributed by atoms with Gasteiger partial charge < -0.3 is 4.90 Å². The first kappa shape index (κ1) is 20.9. The lowest BCUT2D eigenvalue weighted by molar-refractivity contribution is -0.130. The van der Waals surface area contributed by atoms with Crippen molar-refractivity contribution in [3.8, 4) is 0 Å². The van der Waals surface area contributed by atoms with E-state index >= 15 is 0 Å². The first-order valence-corrected chi connectivity index (χ1v) is 11.6. The van der Waals surface area contributed by atoms with E-state index < -0.39 is 0 Å². The number of hydrogen-bond acceptors (Lipinski definition) is 3. The molecule has 2 aliphatic rings. The minimum absolute atomic E-state index is 0.183. The van der Waals surface area contributed by atoms with Gasteiger partial charge in [-0.15, -0.1) is 0 Å². The highest BCUT2D eigenvalue weighted by Gasteiger charge is 2.26. The van der Waals surface area contributed by atoms with Crippen molar-refractivity contribution in [1.29, 1.82) is 0 Å². The Kier molecular flexibility index (Phi) is 5.79. The number of fused-ring (bicyclic) bond motifs is 2. The van der Waals surface area contributed by atoms with Crippen molar-refractivity contribution in [2.24, 2.45) is 0 Å². The standard InChI is InChI=1S/C27H26ClN3O/c1-18-2-5-24-21(14-18)3-4-22-16-23(28)17-30-27(22)26(24)20-8-12-31(13-9-20)25(32)15-19-6-10-29-11-7-19/h2,5-7,10-11,14,16-17H,3-4,8-9,12-13,15H2,1H3. The van der Waals surface area contributed by atoms with Gasteiger partial charge in [-0.1, -0.05) is 40.9 Å². The van der Waals surface area contributed by atoms with E-state index in [1.165, 1.54) is 33.4 Å². The number of halogens is 1. The fourth-order valence-electron chi connectivity index (χ4n) is 4.89. The maximum Gasteiger partial charge on any atom is 0.227 e. The highest BCUT2D eigenvalue weighted by Crippen LogP contribution is 2.38. The van der Waals surface area contributed by atoms with E-state index in [-0.39, 0.29) is 5.91 Å². The highest BCUT2D eigenvalue weighted by atomic mass is 35.5. The molecule has 1 amide bonds. The Labute approximate surface area is 194 Å². The largest absolute Gasteiger partial charge is 0.342 e. The van der Waals surface area contributed by atoms with Crippen molar-refractivity contribution in [3.05, 3.63) is 99.1 Å². The van der Waals surface area contributed by atoms with Gasteiger partial charge in [-0.3, -0.25) is 14.8 Å². The molecule has 3 aromatic rings. The summed E-state index contributed by atoms with van der Waals surface area (Å²) in [5.74, 6) is 0.183. The fraction of sp³-hybridized carbons (Fsp3) is 0.296. The zero-order chi connectivity index (χ0) is 22.1. The number of carbonyl (C=O) groups is 1. The monoisotopic (exact) mass is 443 g/mol. The molecule has 0 radical (unpaired) electrons. The van der Waals surface area contributed by atoms with Crippen LogP contribution in [-0.4, -0.2) is 33.9 Å². The topological polar surface area (TPSA) is 46.1 Å². The number of nitrogens with zero attached hydrogens (tertiary/aromatic N) is 3. The maximum absolute atomic E-state index is 12.8. The predicted molar refractivity (Wildman–Crippen MR) is 128 cm³/mol. The van der Waals surface area contributed by atoms with Crippen LogP contribution in [0.15, 0.2) is 60.6 Å². The second-order valence-electron chi connectivity index (χ2n) is 8.71. The van der Waals surface area contributed by atoms with Crippen LogP contribution < -0.4 is 0 Å². The smallest absolute Gasteiger partial charge is 0.227 e. The molecule has 0 saturated carbocycles. The molecule has 1 aromatic carbocycles. The summed E-state index contributed by atoms with van der Waals surface area (Å²) in [5.41, 5.74) is 9.87. The summed E-state index contributed by atoms with van der Waals surface area (Å²) in [6.45, 7) is 3.63. The number of amides is 1. The van der Waals surface area contributed by atoms with Gasteiger partial charge in [0.2, 0.25) is 5.91 Å². The second-order valence-corrected chi connectivity index (χ2v) is 9.15. The van der Waals surface area contributed by atoms with Crippen molar-refractivity contribution in [2.75, 3.05) is 13.1 Å². The minimum atomic E-state index is 0.183. The maximum atomic E-state index is 12.8. The normalized spacial score (nSPS) is 15.8. The third-order valence-electron chi connectivity index (χ3n) is 6.54. The van der Waals surface area contributed by atoms with Crippen LogP contribution in [0.3, 0.4) is 0 Å². The lowest BCUT2D eigenvalue weighted by Gasteiger charge is -2.30. The summed E-state index contributed by atoms with van der Waals surface area (Å²) in [6, 6.07) is 12.6. The third-order valence-corrected chi connectivity index (χ3v) is 6.75. The summed E-state index contributed by atoms with van der Waals surface area (Å²) in [6.07, 6.45) is 9.33. The van der Waals surface area contributed by atoms with Gasteiger partial charge in [0.25, 0.3) is 0 Å². The van der Waals surface area contributed by atoms with Crippen molar-refractivity contribution >= 4 is 23.1 Å². The second kappa shape index (κ2) is 8.87. The molecule has 0 N–H and O–H groups in total. The number of likely N-dealkylation sites (tertiary alicyclic amines) is 1. The Morgan fingerprint density at radius 3 is 2.53 bits per heavy atom. The van der Waals surface area contributed by atoms with Crippen LogP contribution >= 0.6 is 11.6 Å². The summed E-state index contributed by atoms with van der Waals surface area (Å²) in [5, 5.41) is 0.687. The summed E-state index contributed by atoms with van der Waals surface area (Å²) >= 11 is 6.29. The average molecular weight is 444 g/mol. The molecule has 1 aliphatic heterocycles. The van der Waals surface area contributed by atoms with Crippen molar-refractivity contribution in [3.63, 3.8) is 0 Å². The van der Waals surface area contributed by atoms with E-state index in [1.807, 2.05) is 17.0 Å². The summed E-state index contributed by atoms with van der Waals surface area (Å²) < 4.78 is 0. The van der Waals surface area contributed by atoms with E-state index in [9.17, 15) is 4.79 Å². The lowest BCUT2D eigenvalue weighted by atomic mass is 9.88. The first-order valence-electron chi connectivity index (χ1n) is 11.2. The van der Waals surface area contributed by atoms with E-state index in [4.69, 9.17) is 16.6 Å². The van der Waals surface area contributed by atoms with Gasteiger partial charge >= 0.3 is 0 Å². The highest BCUT2D eigenvalue weighted by molar-refractivity contribution is 6.30. The fourth-order valence-corrected chi connectivity index (χ4v) is 5.07. The van der Waals surface area contributed by atoms with Crippen LogP contribution in [0, 0.1) is 6.92 Å². The van der Waals surface area contributed by atoms with Gasteiger partial charge in [0, 0.05) is 37.3 Å². The first-order chi connectivity index (χ1) is 15.6. The molecule has 4 nitrogen and oxygen atoms in total. The van der Waals surface area contributed by atoms with Gasteiger partial charge in [-0.05, 0) is 73.1 Å². The van der Waals surface area contributed by atoms with Crippen molar-refractivity contribution in [2.45, 2.75) is 39.0 Å². The van der Waals surface area contributed by atoms with E-state index in [0.29, 0.717) is 11.4 Å². The number of carbonyl (C=O) groups excluding carboxylic acids is 1. The zero-order valence-electron chi connectivity index (χ0n) is 18.3. The van der Waals surface area contributed by atoms with E-state index in [2.05, 4.69) is 36.2 Å². The van der Waals surface area contributed by atoms with Crippen LogP contribution in [0.2, 0.25) is 5.02 Å². The molecule has 1 fully saturated rings. The number of hydrogen-bond donors (Lipinski definition) is 0. The van der Waals surface area contributed by atoms with Crippen LogP contribution in [0.4, 0.5) is 0 Å². The Hall–Kier alpha value is -2.98. The Balaban J connectivity index is 1.46. The molecule has 1 saturated heterocycles. The van der Waals surface area contributed by atoms with Crippen molar-refractivity contribution < 1.29 is 4.79 Å². The quantitative estimate of drug-likeness (QED) is 0.546. The number of aromatic nitrogens is 2. The average Bonchev–Trinajstić information content (AvgIpc) is 2.96. The molecular formula is C27H26ClN3O. The van der Waals surface area contributed by atoms with Crippen LogP contribution in [0.5, 0.6) is 0 Å². The third kappa shape index (κ3) is 4.20. The molecule has 0 unspecified atom stereocenters. The zero-order valence-corrected chi connectivity index (χ0v) is 19.0. The molecule has 5 rings (SSSR count). The molecular weight excluding hydrogens is 418 g/mol. The molecule has 1 aliphatic carbocycles. The molecule has 0 atom stereocenters. The number of rotatable bonds is 2. The number of aryl methyl sites for hydroxylation is 3. The van der Waals surface area contributed by atoms with Gasteiger partial charge in [-0.25, -0.2) is 0 Å². The lowest BCUT2D eigenvalue weighted by Crippen LogP contribution is -2.37. The predicted octanol–water partition coefficient (Wildman–Crippen LogP) is 5.20. The molecule has 32 heavy (non-hydrogen) atoms. The number of benzene rings is 1. The van der Waals surface area contributed by atoms with Gasteiger partial charge in [0.1, 0.15) is 0 Å². The molecule has 3 heterocycles. The molecule has 0 bridgehead atoms. The Bertz CT molecular complexity index is 1140. The SMILES string of the molecule is Cc1ccc2c(c1)CCc1cc(Cl)cnc1C2=C1CCN(C(=O)Cc2ccncc2)CC1. The Morgan fingerprint density at radius 1 is 1.00 bits per heavy atom. The Morgan fingerprint density at radius 2 is 1.75 bits per heavy atom. The van der Waals surface area contributed by atoms with Gasteiger partial charge in [0.15, 0.2) is 0 Å². The molecule has 0 spiro atoms. The molecule has 5 heteroatoms. The van der Waals surface area contributed by atoms with E-state index in [1.54, 1.807) is 18.6 Å². The van der Waals surface area contributed by atoms with E-state index in [0.717, 1.165) is 50.0 Å². The molecule has 2 aromatic heterocycles. The van der Waals surface area contributed by atoms with Crippen LogP contribution in [0.25, 0.3) is 5.57 Å². The summed E-state index contributed by atoms with van der Waals surface area (Å²) in [4.78, 5) is 23.7. The summed E-state index contributed by atoms with van der Waals surface area (Å²) in [7, 11) is 0. The molecule has 162 valence electrons. The van der Waals surface area contributed by atoms with Crippen LogP contribution in [0.1, 0.15) is 46.4 Å². The van der Waals surface area contributed by atoms with Crippen molar-refractivity contribution in [1.82, 2.24) is 14.9 Å². The van der Waals surface area contributed by atoms with Gasteiger partial charge in [0.05, 0.1) is 17.1 Å². The van der Waals surface area contributed by atoms with Crippen LogP contribution in [-0.2, 0) is 24.1 Å². The number of piperidine rings is 1. The minimum Gasteiger partial charge on any atom is -0.342 e. The van der Waals surface area contributed by atoms with Gasteiger partial charge in [-0.2, -0.15) is 0 Å².